The minimum atomic E-state index is -3.53. The van der Waals surface area contributed by atoms with Gasteiger partial charge in [-0.3, -0.25) is 0 Å². The summed E-state index contributed by atoms with van der Waals surface area (Å²) in [5, 5.41) is 0. The first-order valence-electron chi connectivity index (χ1n) is 6.64. The van der Waals surface area contributed by atoms with Crippen LogP contribution < -0.4 is 5.73 Å². The minimum absolute atomic E-state index is 0.00659. The molecule has 1 aromatic carbocycles. The molecule has 2 N–H and O–H groups in total. The van der Waals surface area contributed by atoms with Gasteiger partial charge in [0, 0.05) is 18.7 Å². The molecule has 0 aliphatic carbocycles. The molecule has 0 fully saturated rings. The molecule has 0 bridgehead atoms. The summed E-state index contributed by atoms with van der Waals surface area (Å²) in [6.07, 6.45) is 1.56. The van der Waals surface area contributed by atoms with E-state index in [1.54, 1.807) is 32.2 Å². The van der Waals surface area contributed by atoms with Gasteiger partial charge in [0.2, 0.25) is 10.0 Å². The molecule has 0 aromatic heterocycles. The Morgan fingerprint density at radius 2 is 1.90 bits per heavy atom. The van der Waals surface area contributed by atoms with E-state index in [0.717, 1.165) is 12.8 Å². The van der Waals surface area contributed by atoms with E-state index in [9.17, 15) is 8.42 Å². The van der Waals surface area contributed by atoms with Crippen LogP contribution in [0, 0.1) is 6.92 Å². The molecular weight excluding hydrogens is 292 g/mol. The molecule has 0 amide bonds. The van der Waals surface area contributed by atoms with E-state index in [1.165, 1.54) is 4.31 Å². The van der Waals surface area contributed by atoms with Crippen LogP contribution >= 0.6 is 12.2 Å². The number of thiocarbonyl (C=S) groups is 1. The van der Waals surface area contributed by atoms with Gasteiger partial charge < -0.3 is 5.73 Å². The Morgan fingerprint density at radius 3 is 2.35 bits per heavy atom. The maximum Gasteiger partial charge on any atom is 0.243 e. The first-order valence-corrected chi connectivity index (χ1v) is 8.49. The summed E-state index contributed by atoms with van der Waals surface area (Å²) in [5.74, 6) is 0. The Balaban J connectivity index is 3.34. The number of hydrogen-bond donors (Lipinski definition) is 1. The highest BCUT2D eigenvalue weighted by atomic mass is 32.2. The van der Waals surface area contributed by atoms with Gasteiger partial charge in [-0.15, -0.1) is 0 Å². The molecule has 0 spiro atoms. The van der Waals surface area contributed by atoms with Crippen LogP contribution in [-0.4, -0.2) is 30.8 Å². The van der Waals surface area contributed by atoms with E-state index in [0.29, 0.717) is 11.1 Å². The quantitative estimate of drug-likeness (QED) is 0.819. The van der Waals surface area contributed by atoms with Gasteiger partial charge in [-0.05, 0) is 31.4 Å². The Hall–Kier alpha value is -0.980. The molecular formula is C14H22N2O2S2. The predicted octanol–water partition coefficient (Wildman–Crippen LogP) is 2.44. The van der Waals surface area contributed by atoms with Crippen LogP contribution in [0.15, 0.2) is 23.1 Å². The van der Waals surface area contributed by atoms with Crippen LogP contribution in [0.3, 0.4) is 0 Å². The molecule has 0 heterocycles. The van der Waals surface area contributed by atoms with Gasteiger partial charge in [0.1, 0.15) is 4.99 Å². The van der Waals surface area contributed by atoms with Crippen molar-refractivity contribution in [2.24, 2.45) is 5.73 Å². The third-order valence-corrected chi connectivity index (χ3v) is 5.87. The van der Waals surface area contributed by atoms with Gasteiger partial charge in [-0.2, -0.15) is 4.31 Å². The maximum absolute atomic E-state index is 12.7. The van der Waals surface area contributed by atoms with Gasteiger partial charge in [0.15, 0.2) is 0 Å². The molecule has 0 unspecified atom stereocenters. The molecule has 6 heteroatoms. The average molecular weight is 314 g/mol. The fraction of sp³-hybridized carbons (Fsp3) is 0.500. The fourth-order valence-electron chi connectivity index (χ4n) is 2.19. The summed E-state index contributed by atoms with van der Waals surface area (Å²) in [5.41, 5.74) is 6.86. The zero-order valence-electron chi connectivity index (χ0n) is 12.4. The van der Waals surface area contributed by atoms with E-state index < -0.39 is 10.0 Å². The first-order chi connectivity index (χ1) is 9.25. The zero-order valence-corrected chi connectivity index (χ0v) is 14.0. The topological polar surface area (TPSA) is 63.4 Å². The lowest BCUT2D eigenvalue weighted by Crippen LogP contribution is -2.36. The van der Waals surface area contributed by atoms with Crippen molar-refractivity contribution in [3.63, 3.8) is 0 Å². The molecule has 0 atom stereocenters. The van der Waals surface area contributed by atoms with Crippen LogP contribution in [-0.2, 0) is 10.0 Å². The summed E-state index contributed by atoms with van der Waals surface area (Å²) in [6.45, 7) is 5.74. The molecule has 0 saturated carbocycles. The van der Waals surface area contributed by atoms with Crippen molar-refractivity contribution in [2.75, 3.05) is 7.05 Å². The fourth-order valence-corrected chi connectivity index (χ4v) is 4.06. The Labute approximate surface area is 127 Å². The predicted molar refractivity (Wildman–Crippen MR) is 86.4 cm³/mol. The minimum Gasteiger partial charge on any atom is -0.389 e. The van der Waals surface area contributed by atoms with Gasteiger partial charge in [-0.25, -0.2) is 8.42 Å². The third-order valence-electron chi connectivity index (χ3n) is 3.59. The molecule has 0 saturated heterocycles. The van der Waals surface area contributed by atoms with Crippen LogP contribution in [0.5, 0.6) is 0 Å². The summed E-state index contributed by atoms with van der Waals surface area (Å²) in [4.78, 5) is 0.476. The lowest BCUT2D eigenvalue weighted by atomic mass is 10.1. The van der Waals surface area contributed by atoms with Gasteiger partial charge in [-0.1, -0.05) is 38.2 Å². The Kier molecular flexibility index (Phi) is 5.68. The van der Waals surface area contributed by atoms with Gasteiger partial charge in [0.05, 0.1) is 4.90 Å². The molecule has 4 nitrogen and oxygen atoms in total. The van der Waals surface area contributed by atoms with Gasteiger partial charge in [0.25, 0.3) is 0 Å². The van der Waals surface area contributed by atoms with E-state index in [-0.39, 0.29) is 15.9 Å². The van der Waals surface area contributed by atoms with Crippen molar-refractivity contribution in [1.29, 1.82) is 0 Å². The summed E-state index contributed by atoms with van der Waals surface area (Å²) < 4.78 is 26.9. The largest absolute Gasteiger partial charge is 0.389 e. The van der Waals surface area contributed by atoms with Crippen molar-refractivity contribution in [3.05, 3.63) is 29.3 Å². The van der Waals surface area contributed by atoms with Crippen molar-refractivity contribution >= 4 is 27.2 Å². The Bertz CT molecular complexity index is 593. The maximum atomic E-state index is 12.7. The number of nitrogens with zero attached hydrogens (tertiary/aromatic N) is 1. The number of hydrogen-bond acceptors (Lipinski definition) is 3. The highest BCUT2D eigenvalue weighted by molar-refractivity contribution is 7.89. The summed E-state index contributed by atoms with van der Waals surface area (Å²) in [6, 6.07) is 5.04. The molecule has 1 aromatic rings. The second-order valence-corrected chi connectivity index (χ2v) is 7.24. The molecule has 1 rings (SSSR count). The van der Waals surface area contributed by atoms with Crippen molar-refractivity contribution in [3.8, 4) is 0 Å². The molecule has 0 aliphatic rings. The van der Waals surface area contributed by atoms with E-state index >= 15 is 0 Å². The SMILES string of the molecule is CCC(CC)N(C)S(=O)(=O)c1cc(C(N)=S)ccc1C. The number of benzene rings is 1. The number of nitrogens with two attached hydrogens (primary N) is 1. The lowest BCUT2D eigenvalue weighted by molar-refractivity contribution is 0.349. The smallest absolute Gasteiger partial charge is 0.243 e. The van der Waals surface area contributed by atoms with Crippen LogP contribution in [0.4, 0.5) is 0 Å². The average Bonchev–Trinajstić information content (AvgIpc) is 2.39. The van der Waals surface area contributed by atoms with Crippen molar-refractivity contribution in [1.82, 2.24) is 4.31 Å². The second-order valence-electron chi connectivity index (χ2n) is 4.84. The second kappa shape index (κ2) is 6.65. The van der Waals surface area contributed by atoms with E-state index in [1.807, 2.05) is 13.8 Å². The number of sulfonamides is 1. The first kappa shape index (κ1) is 17.1. The van der Waals surface area contributed by atoms with Gasteiger partial charge >= 0.3 is 0 Å². The summed E-state index contributed by atoms with van der Waals surface area (Å²) >= 11 is 4.92. The monoisotopic (exact) mass is 314 g/mol. The lowest BCUT2D eigenvalue weighted by Gasteiger charge is -2.26. The molecule has 0 aliphatic heterocycles. The normalized spacial score (nSPS) is 12.1. The van der Waals surface area contributed by atoms with Crippen LogP contribution in [0.25, 0.3) is 0 Å². The molecule has 0 radical (unpaired) electrons. The van der Waals surface area contributed by atoms with Crippen molar-refractivity contribution in [2.45, 2.75) is 44.6 Å². The van der Waals surface area contributed by atoms with Crippen molar-refractivity contribution < 1.29 is 8.42 Å². The van der Waals surface area contributed by atoms with E-state index in [4.69, 9.17) is 18.0 Å². The standard InChI is InChI=1S/C14H22N2O2S2/c1-5-12(6-2)16(4)20(17,18)13-9-11(14(15)19)8-7-10(13)3/h7-9,12H,5-6H2,1-4H3,(H2,15,19). The zero-order chi connectivity index (χ0) is 15.5. The molecule has 20 heavy (non-hydrogen) atoms. The third kappa shape index (κ3) is 3.37. The number of rotatable bonds is 6. The van der Waals surface area contributed by atoms with Crippen LogP contribution in [0.1, 0.15) is 37.8 Å². The van der Waals surface area contributed by atoms with Crippen LogP contribution in [0.2, 0.25) is 0 Å². The molecule has 112 valence electrons. The van der Waals surface area contributed by atoms with E-state index in [2.05, 4.69) is 0 Å². The highest BCUT2D eigenvalue weighted by Gasteiger charge is 2.27. The summed E-state index contributed by atoms with van der Waals surface area (Å²) in [7, 11) is -1.91. The Morgan fingerprint density at radius 1 is 1.35 bits per heavy atom. The highest BCUT2D eigenvalue weighted by Crippen LogP contribution is 2.23. The number of aryl methyl sites for hydroxylation is 1.